The van der Waals surface area contributed by atoms with Gasteiger partial charge < -0.3 is 20.1 Å². The fraction of sp³-hybridized carbons (Fsp3) is 0.611. The molecule has 6 heteroatoms. The highest BCUT2D eigenvalue weighted by molar-refractivity contribution is 14.0. The Morgan fingerprint density at radius 1 is 1.12 bits per heavy atom. The molecule has 0 saturated carbocycles. The van der Waals surface area contributed by atoms with Crippen LogP contribution in [0.25, 0.3) is 0 Å². The summed E-state index contributed by atoms with van der Waals surface area (Å²) in [5, 5.41) is 6.59. The topological polar surface area (TPSA) is 54.9 Å². The zero-order valence-corrected chi connectivity index (χ0v) is 17.7. The van der Waals surface area contributed by atoms with E-state index in [1.54, 1.807) is 0 Å². The Balaban J connectivity index is 0.00000529. The van der Waals surface area contributed by atoms with E-state index in [2.05, 4.69) is 47.7 Å². The number of nitrogens with one attached hydrogen (secondary N) is 2. The lowest BCUT2D eigenvalue weighted by Gasteiger charge is -2.13. The molecule has 0 amide bonds. The van der Waals surface area contributed by atoms with Gasteiger partial charge in [-0.2, -0.15) is 0 Å². The highest BCUT2D eigenvalue weighted by Crippen LogP contribution is 2.21. The fourth-order valence-electron chi connectivity index (χ4n) is 2.11. The largest absolute Gasteiger partial charge is 0.494 e. The number of aliphatic imine (C=N–C) groups is 1. The van der Waals surface area contributed by atoms with Crippen molar-refractivity contribution in [1.29, 1.82) is 0 Å². The lowest BCUT2D eigenvalue weighted by Crippen LogP contribution is -2.38. The van der Waals surface area contributed by atoms with Crippen LogP contribution in [0.5, 0.6) is 5.75 Å². The van der Waals surface area contributed by atoms with Crippen LogP contribution in [0.1, 0.15) is 38.3 Å². The number of hydrogen-bond donors (Lipinski definition) is 2. The fourth-order valence-corrected chi connectivity index (χ4v) is 2.11. The second kappa shape index (κ2) is 14.3. The molecule has 0 fully saturated rings. The number of aryl methyl sites for hydroxylation is 1. The molecule has 0 saturated heterocycles. The van der Waals surface area contributed by atoms with Gasteiger partial charge in [0, 0.05) is 31.9 Å². The summed E-state index contributed by atoms with van der Waals surface area (Å²) in [5.41, 5.74) is 2.30. The van der Waals surface area contributed by atoms with Crippen LogP contribution < -0.4 is 15.4 Å². The molecular weight excluding hydrogens is 417 g/mol. The molecule has 0 aliphatic carbocycles. The van der Waals surface area contributed by atoms with Crippen LogP contribution >= 0.6 is 24.0 Å². The summed E-state index contributed by atoms with van der Waals surface area (Å²) in [4.78, 5) is 4.65. The zero-order valence-electron chi connectivity index (χ0n) is 15.4. The average Bonchev–Trinajstić information content (AvgIpc) is 2.54. The molecule has 24 heavy (non-hydrogen) atoms. The maximum atomic E-state index is 5.71. The van der Waals surface area contributed by atoms with E-state index in [9.17, 15) is 0 Å². The van der Waals surface area contributed by atoms with Gasteiger partial charge in [0.1, 0.15) is 5.75 Å². The molecule has 1 rings (SSSR count). The van der Waals surface area contributed by atoms with Crippen LogP contribution in [0.4, 0.5) is 0 Å². The minimum atomic E-state index is 0. The molecule has 0 heterocycles. The van der Waals surface area contributed by atoms with Gasteiger partial charge >= 0.3 is 0 Å². The van der Waals surface area contributed by atoms with Gasteiger partial charge in [-0.1, -0.05) is 12.1 Å². The lowest BCUT2D eigenvalue weighted by atomic mass is 10.1. The Bertz CT molecular complexity index is 481. The third kappa shape index (κ3) is 9.32. The van der Waals surface area contributed by atoms with Crippen molar-refractivity contribution < 1.29 is 9.47 Å². The standard InChI is InChI=1S/C18H31N3O2.HI/c1-5-19-18(20-11-8-12-22-6-2)21-14-16-10-9-15(4)13-17(16)23-7-3;/h9-10,13H,5-8,11-12,14H2,1-4H3,(H2,19,20,21);1H. The van der Waals surface area contributed by atoms with E-state index < -0.39 is 0 Å². The van der Waals surface area contributed by atoms with E-state index >= 15 is 0 Å². The molecule has 0 aliphatic rings. The van der Waals surface area contributed by atoms with Crippen molar-refractivity contribution in [2.45, 2.75) is 40.7 Å². The van der Waals surface area contributed by atoms with Crippen LogP contribution in [0.15, 0.2) is 23.2 Å². The number of rotatable bonds is 10. The summed E-state index contributed by atoms with van der Waals surface area (Å²) in [6.07, 6.45) is 0.965. The minimum absolute atomic E-state index is 0. The maximum Gasteiger partial charge on any atom is 0.191 e. The van der Waals surface area contributed by atoms with Crippen molar-refractivity contribution in [3.63, 3.8) is 0 Å². The number of hydrogen-bond acceptors (Lipinski definition) is 3. The molecular formula is C18H32IN3O2. The highest BCUT2D eigenvalue weighted by atomic mass is 127. The predicted molar refractivity (Wildman–Crippen MR) is 112 cm³/mol. The third-order valence-corrected chi connectivity index (χ3v) is 3.24. The smallest absolute Gasteiger partial charge is 0.191 e. The summed E-state index contributed by atoms with van der Waals surface area (Å²) >= 11 is 0. The quantitative estimate of drug-likeness (QED) is 0.249. The lowest BCUT2D eigenvalue weighted by molar-refractivity contribution is 0.145. The van der Waals surface area contributed by atoms with E-state index in [-0.39, 0.29) is 24.0 Å². The Morgan fingerprint density at radius 3 is 2.58 bits per heavy atom. The summed E-state index contributed by atoms with van der Waals surface area (Å²) in [5.74, 6) is 1.75. The van der Waals surface area contributed by atoms with Gasteiger partial charge in [0.25, 0.3) is 0 Å². The number of nitrogens with zero attached hydrogens (tertiary/aromatic N) is 1. The van der Waals surface area contributed by atoms with Gasteiger partial charge in [-0.25, -0.2) is 4.99 Å². The SMILES string of the molecule is CCNC(=NCc1ccc(C)cc1OCC)NCCCOCC.I. The maximum absolute atomic E-state index is 5.71. The van der Waals surface area contributed by atoms with Crippen molar-refractivity contribution in [2.24, 2.45) is 4.99 Å². The van der Waals surface area contributed by atoms with Gasteiger partial charge in [-0.15, -0.1) is 24.0 Å². The molecule has 0 bridgehead atoms. The monoisotopic (exact) mass is 449 g/mol. The van der Waals surface area contributed by atoms with Gasteiger partial charge in [-0.05, 0) is 45.7 Å². The van der Waals surface area contributed by atoms with E-state index in [1.165, 1.54) is 5.56 Å². The van der Waals surface area contributed by atoms with E-state index in [0.29, 0.717) is 13.2 Å². The van der Waals surface area contributed by atoms with Gasteiger partial charge in [0.05, 0.1) is 13.2 Å². The minimum Gasteiger partial charge on any atom is -0.494 e. The number of guanidine groups is 1. The highest BCUT2D eigenvalue weighted by Gasteiger charge is 2.04. The molecule has 2 N–H and O–H groups in total. The van der Waals surface area contributed by atoms with E-state index in [0.717, 1.165) is 50.0 Å². The second-order valence-corrected chi connectivity index (χ2v) is 5.22. The summed E-state index contributed by atoms with van der Waals surface area (Å²) in [6, 6.07) is 6.25. The molecule has 0 aromatic heterocycles. The van der Waals surface area contributed by atoms with Crippen LogP contribution in [0, 0.1) is 6.92 Å². The van der Waals surface area contributed by atoms with Gasteiger partial charge in [0.2, 0.25) is 0 Å². The van der Waals surface area contributed by atoms with Crippen molar-refractivity contribution in [3.05, 3.63) is 29.3 Å². The van der Waals surface area contributed by atoms with Gasteiger partial charge in [0.15, 0.2) is 5.96 Å². The van der Waals surface area contributed by atoms with Crippen molar-refractivity contribution in [3.8, 4) is 5.75 Å². The predicted octanol–water partition coefficient (Wildman–Crippen LogP) is 3.49. The first kappa shape index (κ1) is 23.0. The van der Waals surface area contributed by atoms with Crippen LogP contribution in [-0.4, -0.2) is 38.9 Å². The summed E-state index contributed by atoms with van der Waals surface area (Å²) in [6.45, 7) is 12.6. The molecule has 0 spiro atoms. The van der Waals surface area contributed by atoms with Crippen LogP contribution in [-0.2, 0) is 11.3 Å². The normalized spacial score (nSPS) is 10.9. The molecule has 5 nitrogen and oxygen atoms in total. The second-order valence-electron chi connectivity index (χ2n) is 5.22. The first-order chi connectivity index (χ1) is 11.2. The van der Waals surface area contributed by atoms with Crippen molar-refractivity contribution >= 4 is 29.9 Å². The Morgan fingerprint density at radius 2 is 1.92 bits per heavy atom. The molecule has 0 radical (unpaired) electrons. The first-order valence-corrected chi connectivity index (χ1v) is 8.53. The number of halogens is 1. The van der Waals surface area contributed by atoms with E-state index in [1.807, 2.05) is 13.8 Å². The summed E-state index contributed by atoms with van der Waals surface area (Å²) < 4.78 is 11.1. The zero-order chi connectivity index (χ0) is 16.9. The average molecular weight is 449 g/mol. The van der Waals surface area contributed by atoms with E-state index in [4.69, 9.17) is 9.47 Å². The Hall–Kier alpha value is -1.02. The van der Waals surface area contributed by atoms with Crippen molar-refractivity contribution in [2.75, 3.05) is 32.9 Å². The van der Waals surface area contributed by atoms with Crippen LogP contribution in [0.2, 0.25) is 0 Å². The number of benzene rings is 1. The molecule has 0 unspecified atom stereocenters. The number of ether oxygens (including phenoxy) is 2. The van der Waals surface area contributed by atoms with Crippen molar-refractivity contribution in [1.82, 2.24) is 10.6 Å². The molecule has 1 aromatic carbocycles. The van der Waals surface area contributed by atoms with Gasteiger partial charge in [-0.3, -0.25) is 0 Å². The Labute approximate surface area is 163 Å². The summed E-state index contributed by atoms with van der Waals surface area (Å²) in [7, 11) is 0. The molecule has 138 valence electrons. The third-order valence-electron chi connectivity index (χ3n) is 3.24. The molecule has 0 atom stereocenters. The van der Waals surface area contributed by atoms with Crippen LogP contribution in [0.3, 0.4) is 0 Å². The molecule has 1 aromatic rings. The molecule has 0 aliphatic heterocycles. The Kier molecular flexibility index (Phi) is 13.7. The first-order valence-electron chi connectivity index (χ1n) is 8.53.